The first-order valence-corrected chi connectivity index (χ1v) is 11.1. The number of anilines is 2. The Labute approximate surface area is 180 Å². The predicted octanol–water partition coefficient (Wildman–Crippen LogP) is 3.33. The lowest BCUT2D eigenvalue weighted by atomic mass is 10.1. The van der Waals surface area contributed by atoms with Gasteiger partial charge in [0, 0.05) is 38.6 Å². The van der Waals surface area contributed by atoms with Gasteiger partial charge in [0.1, 0.15) is 0 Å². The first-order valence-electron chi connectivity index (χ1n) is 8.86. The number of hydrogen-bond acceptors (Lipinski definition) is 5. The number of benzene rings is 2. The van der Waals surface area contributed by atoms with Crippen molar-refractivity contribution in [3.05, 3.63) is 52.0 Å². The first kappa shape index (κ1) is 21.9. The van der Waals surface area contributed by atoms with Crippen LogP contribution in [-0.2, 0) is 14.8 Å². The fraction of sp³-hybridized carbons (Fsp3) is 0.316. The summed E-state index contributed by atoms with van der Waals surface area (Å²) in [7, 11) is -0.804. The Hall–Kier alpha value is -1.84. The number of ether oxygens (including phenoxy) is 1. The Morgan fingerprint density at radius 3 is 2.38 bits per heavy atom. The van der Waals surface area contributed by atoms with E-state index >= 15 is 0 Å². The van der Waals surface area contributed by atoms with E-state index in [1.165, 1.54) is 32.3 Å². The second kappa shape index (κ2) is 8.89. The summed E-state index contributed by atoms with van der Waals surface area (Å²) in [4.78, 5) is 15.1. The summed E-state index contributed by atoms with van der Waals surface area (Å²) in [5, 5.41) is 3.45. The molecule has 1 amide bonds. The number of rotatable bonds is 5. The van der Waals surface area contributed by atoms with E-state index in [9.17, 15) is 13.2 Å². The summed E-state index contributed by atoms with van der Waals surface area (Å²) >= 11 is 12.0. The van der Waals surface area contributed by atoms with Crippen molar-refractivity contribution >= 4 is 50.5 Å². The zero-order chi connectivity index (χ0) is 21.2. The van der Waals surface area contributed by atoms with Gasteiger partial charge in [-0.15, -0.1) is 0 Å². The number of nitrogens with zero attached hydrogens (tertiary/aromatic N) is 2. The molecule has 1 N–H and O–H groups in total. The van der Waals surface area contributed by atoms with Gasteiger partial charge in [-0.1, -0.05) is 23.2 Å². The number of sulfonamides is 1. The summed E-state index contributed by atoms with van der Waals surface area (Å²) in [5.41, 5.74) is 1.35. The van der Waals surface area contributed by atoms with Gasteiger partial charge in [-0.05, 0) is 36.4 Å². The van der Waals surface area contributed by atoms with Crippen molar-refractivity contribution in [2.45, 2.75) is 4.90 Å². The van der Waals surface area contributed by atoms with Gasteiger partial charge in [0.15, 0.2) is 0 Å². The molecule has 156 valence electrons. The maximum Gasteiger partial charge on any atom is 0.257 e. The number of hydrogen-bond donors (Lipinski definition) is 1. The maximum absolute atomic E-state index is 13.1. The molecule has 0 saturated carbocycles. The Bertz CT molecular complexity index is 1020. The van der Waals surface area contributed by atoms with E-state index < -0.39 is 15.9 Å². The van der Waals surface area contributed by atoms with Crippen molar-refractivity contribution in [2.75, 3.05) is 50.6 Å². The van der Waals surface area contributed by atoms with E-state index in [-0.39, 0.29) is 10.5 Å². The molecule has 2 aromatic carbocycles. The molecule has 0 unspecified atom stereocenters. The third-order valence-electron chi connectivity index (χ3n) is 4.52. The molecule has 10 heteroatoms. The van der Waals surface area contributed by atoms with Gasteiger partial charge in [0.05, 0.1) is 33.7 Å². The van der Waals surface area contributed by atoms with Crippen molar-refractivity contribution in [3.63, 3.8) is 0 Å². The van der Waals surface area contributed by atoms with E-state index in [2.05, 4.69) is 5.32 Å². The number of amides is 1. The molecule has 2 aromatic rings. The van der Waals surface area contributed by atoms with Crippen LogP contribution in [0.1, 0.15) is 10.4 Å². The molecule has 0 aliphatic carbocycles. The summed E-state index contributed by atoms with van der Waals surface area (Å²) in [6.07, 6.45) is 0. The molecule has 1 fully saturated rings. The van der Waals surface area contributed by atoms with Crippen LogP contribution < -0.4 is 10.2 Å². The van der Waals surface area contributed by atoms with Crippen molar-refractivity contribution in [1.82, 2.24) is 4.31 Å². The molecular weight excluding hydrogens is 437 g/mol. The molecule has 3 rings (SSSR count). The number of carbonyl (C=O) groups is 1. The largest absolute Gasteiger partial charge is 0.378 e. The molecule has 7 nitrogen and oxygen atoms in total. The molecule has 0 spiro atoms. The van der Waals surface area contributed by atoms with Crippen LogP contribution >= 0.6 is 23.2 Å². The van der Waals surface area contributed by atoms with E-state index in [1.807, 2.05) is 4.90 Å². The number of nitrogens with one attached hydrogen (secondary N) is 1. The number of halogens is 2. The highest BCUT2D eigenvalue weighted by Crippen LogP contribution is 2.29. The van der Waals surface area contributed by atoms with Crippen LogP contribution in [0.15, 0.2) is 41.3 Å². The molecule has 1 saturated heterocycles. The van der Waals surface area contributed by atoms with Crippen LogP contribution in [0.3, 0.4) is 0 Å². The van der Waals surface area contributed by atoms with Crippen LogP contribution in [-0.4, -0.2) is 59.0 Å². The highest BCUT2D eigenvalue weighted by Gasteiger charge is 2.24. The van der Waals surface area contributed by atoms with E-state index in [1.54, 1.807) is 18.2 Å². The molecule has 29 heavy (non-hydrogen) atoms. The highest BCUT2D eigenvalue weighted by atomic mass is 35.5. The van der Waals surface area contributed by atoms with Gasteiger partial charge in [-0.3, -0.25) is 4.79 Å². The van der Waals surface area contributed by atoms with E-state index in [0.29, 0.717) is 47.7 Å². The fourth-order valence-electron chi connectivity index (χ4n) is 2.92. The van der Waals surface area contributed by atoms with Crippen molar-refractivity contribution in [1.29, 1.82) is 0 Å². The molecule has 0 radical (unpaired) electrons. The zero-order valence-electron chi connectivity index (χ0n) is 16.0. The van der Waals surface area contributed by atoms with Gasteiger partial charge in [-0.2, -0.15) is 0 Å². The molecule has 0 atom stereocenters. The topological polar surface area (TPSA) is 79.0 Å². The normalized spacial score (nSPS) is 14.9. The average molecular weight is 458 g/mol. The van der Waals surface area contributed by atoms with E-state index in [0.717, 1.165) is 4.31 Å². The van der Waals surface area contributed by atoms with Gasteiger partial charge in [-0.25, -0.2) is 12.7 Å². The fourth-order valence-corrected chi connectivity index (χ4v) is 4.15. The number of carbonyl (C=O) groups excluding carboxylic acids is 1. The lowest BCUT2D eigenvalue weighted by Gasteiger charge is -2.30. The SMILES string of the molecule is CN(C)S(=O)(=O)c1ccc(N2CCOCC2)c(C(=O)Nc2ccc(Cl)c(Cl)c2)c1. The Morgan fingerprint density at radius 2 is 1.76 bits per heavy atom. The van der Waals surface area contributed by atoms with Crippen LogP contribution in [0, 0.1) is 0 Å². The smallest absolute Gasteiger partial charge is 0.257 e. The molecule has 1 aliphatic heterocycles. The summed E-state index contributed by atoms with van der Waals surface area (Å²) < 4.78 is 31.6. The average Bonchev–Trinajstić information content (AvgIpc) is 2.70. The minimum atomic E-state index is -3.69. The maximum atomic E-state index is 13.1. The lowest BCUT2D eigenvalue weighted by Crippen LogP contribution is -2.37. The van der Waals surface area contributed by atoms with Crippen molar-refractivity contribution < 1.29 is 17.9 Å². The van der Waals surface area contributed by atoms with Crippen LogP contribution in [0.25, 0.3) is 0 Å². The van der Waals surface area contributed by atoms with Crippen LogP contribution in [0.2, 0.25) is 10.0 Å². The minimum Gasteiger partial charge on any atom is -0.378 e. The molecule has 0 bridgehead atoms. The monoisotopic (exact) mass is 457 g/mol. The molecule has 1 heterocycles. The predicted molar refractivity (Wildman–Crippen MR) is 115 cm³/mol. The lowest BCUT2D eigenvalue weighted by molar-refractivity contribution is 0.102. The zero-order valence-corrected chi connectivity index (χ0v) is 18.3. The van der Waals surface area contributed by atoms with E-state index in [4.69, 9.17) is 27.9 Å². The third-order valence-corrected chi connectivity index (χ3v) is 7.07. The molecule has 1 aliphatic rings. The summed E-state index contributed by atoms with van der Waals surface area (Å²) in [6, 6.07) is 9.31. The standard InChI is InChI=1S/C19H21Cl2N3O4S/c1-23(2)29(26,27)14-4-6-18(24-7-9-28-10-8-24)15(12-14)19(25)22-13-3-5-16(20)17(21)11-13/h3-6,11-12H,7-10H2,1-2H3,(H,22,25). The third kappa shape index (κ3) is 4.84. The number of morpholine rings is 1. The van der Waals surface area contributed by atoms with Gasteiger partial charge in [0.25, 0.3) is 5.91 Å². The minimum absolute atomic E-state index is 0.0406. The second-order valence-electron chi connectivity index (χ2n) is 6.65. The van der Waals surface area contributed by atoms with Gasteiger partial charge < -0.3 is 15.0 Å². The van der Waals surface area contributed by atoms with Gasteiger partial charge >= 0.3 is 0 Å². The Balaban J connectivity index is 2.02. The summed E-state index contributed by atoms with van der Waals surface area (Å²) in [5.74, 6) is -0.444. The second-order valence-corrected chi connectivity index (χ2v) is 9.62. The van der Waals surface area contributed by atoms with Crippen molar-refractivity contribution in [2.24, 2.45) is 0 Å². The first-order chi connectivity index (χ1) is 13.7. The summed E-state index contributed by atoms with van der Waals surface area (Å²) in [6.45, 7) is 2.27. The van der Waals surface area contributed by atoms with Crippen molar-refractivity contribution in [3.8, 4) is 0 Å². The molecule has 0 aromatic heterocycles. The molecular formula is C19H21Cl2N3O4S. The van der Waals surface area contributed by atoms with Crippen LogP contribution in [0.4, 0.5) is 11.4 Å². The Kier molecular flexibility index (Phi) is 6.70. The quantitative estimate of drug-likeness (QED) is 0.744. The van der Waals surface area contributed by atoms with Gasteiger partial charge in [0.2, 0.25) is 10.0 Å². The Morgan fingerprint density at radius 1 is 1.07 bits per heavy atom. The van der Waals surface area contributed by atoms with Crippen LogP contribution in [0.5, 0.6) is 0 Å². The highest BCUT2D eigenvalue weighted by molar-refractivity contribution is 7.89.